The fourth-order valence-electron chi connectivity index (χ4n) is 5.41. The predicted molar refractivity (Wildman–Crippen MR) is 158 cm³/mol. The highest BCUT2D eigenvalue weighted by atomic mass is 16.6. The Kier molecular flexibility index (Phi) is 8.31. The van der Waals surface area contributed by atoms with Crippen molar-refractivity contribution in [2.24, 2.45) is 11.3 Å². The molecule has 1 aliphatic heterocycles. The van der Waals surface area contributed by atoms with E-state index in [0.717, 1.165) is 10.8 Å². The van der Waals surface area contributed by atoms with Crippen LogP contribution in [0.3, 0.4) is 0 Å². The summed E-state index contributed by atoms with van der Waals surface area (Å²) in [6.45, 7) is 14.3. The van der Waals surface area contributed by atoms with Gasteiger partial charge < -0.3 is 30.1 Å². The Morgan fingerprint density at radius 2 is 1.74 bits per heavy atom. The van der Waals surface area contributed by atoms with E-state index in [2.05, 4.69) is 17.2 Å². The molecule has 0 bridgehead atoms. The molecule has 0 radical (unpaired) electrons. The van der Waals surface area contributed by atoms with E-state index in [0.29, 0.717) is 5.75 Å². The molecule has 226 valence electrons. The Labute approximate surface area is 246 Å². The number of alkyl carbamates (subject to hydrolysis) is 1. The molecule has 10 nitrogen and oxygen atoms in total. The molecule has 2 fully saturated rings. The number of carbonyl (C=O) groups is 4. The molecule has 2 aromatic carbocycles. The number of carboxylic acid groups (broad SMARTS) is 1. The number of aliphatic carboxylic acids is 1. The van der Waals surface area contributed by atoms with Gasteiger partial charge in [0.05, 0.1) is 6.54 Å². The molecular formula is C32H41N3O7. The maximum absolute atomic E-state index is 14.1. The number of rotatable bonds is 8. The fourth-order valence-corrected chi connectivity index (χ4v) is 5.41. The smallest absolute Gasteiger partial charge is 0.408 e. The average molecular weight is 580 g/mol. The van der Waals surface area contributed by atoms with Gasteiger partial charge in [0.25, 0.3) is 0 Å². The molecule has 1 saturated carbocycles. The molecular weight excluding hydrogens is 538 g/mol. The third-order valence-corrected chi connectivity index (χ3v) is 7.69. The van der Waals surface area contributed by atoms with Gasteiger partial charge in [-0.1, -0.05) is 63.2 Å². The van der Waals surface area contributed by atoms with Crippen molar-refractivity contribution < 1.29 is 33.8 Å². The summed E-state index contributed by atoms with van der Waals surface area (Å²) in [6.07, 6.45) is 0.556. The van der Waals surface area contributed by atoms with Crippen LogP contribution < -0.4 is 15.4 Å². The van der Waals surface area contributed by atoms with Crippen LogP contribution in [0, 0.1) is 11.3 Å². The Bertz CT molecular complexity index is 1390. The summed E-state index contributed by atoms with van der Waals surface area (Å²) in [5, 5.41) is 17.1. The number of fused-ring (bicyclic) bond motifs is 1. The van der Waals surface area contributed by atoms with Gasteiger partial charge in [-0.2, -0.15) is 0 Å². The van der Waals surface area contributed by atoms with Crippen LogP contribution in [0.15, 0.2) is 55.1 Å². The topological polar surface area (TPSA) is 134 Å². The number of nitrogens with one attached hydrogen (secondary N) is 2. The number of carboxylic acids is 1. The molecule has 3 amide bonds. The average Bonchev–Trinajstić information content (AvgIpc) is 3.45. The van der Waals surface area contributed by atoms with Gasteiger partial charge in [-0.3, -0.25) is 9.59 Å². The monoisotopic (exact) mass is 579 g/mol. The van der Waals surface area contributed by atoms with Gasteiger partial charge in [0.15, 0.2) is 0 Å². The standard InChI is InChI=1S/C32H41N3O7/c1-8-20-17-32(20,28(38)39)34-26(36)23-16-21(41-24-15-11-13-19-12-9-10-14-22(19)24)18-35(23)27(37)25(30(2,3)4)33-29(40)42-31(5,6)7/h8-15,20-21,23,25H,1,16-18H2,2-7H3,(H,33,40)(H,34,36)(H,38,39)/t20-,21-,23+,25-,32-/m1/s1. The van der Waals surface area contributed by atoms with Gasteiger partial charge in [-0.15, -0.1) is 6.58 Å². The van der Waals surface area contributed by atoms with Crippen LogP contribution in [-0.2, 0) is 19.1 Å². The van der Waals surface area contributed by atoms with Crippen LogP contribution in [0.5, 0.6) is 5.75 Å². The molecule has 4 rings (SSSR count). The summed E-state index contributed by atoms with van der Waals surface area (Å²) >= 11 is 0. The third-order valence-electron chi connectivity index (χ3n) is 7.69. The molecule has 10 heteroatoms. The lowest BCUT2D eigenvalue weighted by Gasteiger charge is -2.35. The van der Waals surface area contributed by atoms with Crippen LogP contribution in [0.2, 0.25) is 0 Å². The van der Waals surface area contributed by atoms with Crippen molar-refractivity contribution in [3.05, 3.63) is 55.1 Å². The third kappa shape index (κ3) is 6.53. The second-order valence-electron chi connectivity index (χ2n) is 13.2. The number of amides is 3. The molecule has 1 heterocycles. The van der Waals surface area contributed by atoms with Crippen molar-refractivity contribution in [1.29, 1.82) is 0 Å². The molecule has 2 aromatic rings. The van der Waals surface area contributed by atoms with Crippen molar-refractivity contribution >= 4 is 34.6 Å². The van der Waals surface area contributed by atoms with Gasteiger partial charge in [0.2, 0.25) is 11.8 Å². The van der Waals surface area contributed by atoms with E-state index in [1.165, 1.54) is 11.0 Å². The Morgan fingerprint density at radius 1 is 1.07 bits per heavy atom. The van der Waals surface area contributed by atoms with Gasteiger partial charge in [-0.05, 0) is 44.1 Å². The number of likely N-dealkylation sites (tertiary alicyclic amines) is 1. The molecule has 2 aliphatic rings. The number of benzene rings is 2. The molecule has 5 atom stereocenters. The highest BCUT2D eigenvalue weighted by molar-refractivity contribution is 5.96. The first-order valence-corrected chi connectivity index (χ1v) is 14.2. The zero-order valence-electron chi connectivity index (χ0n) is 25.1. The molecule has 0 aromatic heterocycles. The molecule has 1 saturated heterocycles. The zero-order chi connectivity index (χ0) is 31.0. The van der Waals surface area contributed by atoms with Gasteiger partial charge in [0.1, 0.15) is 35.1 Å². The van der Waals surface area contributed by atoms with E-state index in [4.69, 9.17) is 9.47 Å². The van der Waals surface area contributed by atoms with Crippen LogP contribution >= 0.6 is 0 Å². The van der Waals surface area contributed by atoms with Crippen LogP contribution in [0.25, 0.3) is 10.8 Å². The number of carbonyl (C=O) groups excluding carboxylic acids is 3. The summed E-state index contributed by atoms with van der Waals surface area (Å²) in [4.78, 5) is 54.1. The fraction of sp³-hybridized carbons (Fsp3) is 0.500. The second-order valence-corrected chi connectivity index (χ2v) is 13.2. The van der Waals surface area contributed by atoms with Crippen LogP contribution in [0.1, 0.15) is 54.4 Å². The molecule has 0 unspecified atom stereocenters. The normalized spacial score (nSPS) is 24.4. The second kappa shape index (κ2) is 11.3. The summed E-state index contributed by atoms with van der Waals surface area (Å²) < 4.78 is 11.8. The van der Waals surface area contributed by atoms with E-state index < -0.39 is 64.5 Å². The van der Waals surface area contributed by atoms with Crippen molar-refractivity contribution in [2.45, 2.75) is 83.7 Å². The summed E-state index contributed by atoms with van der Waals surface area (Å²) in [6, 6.07) is 11.4. The molecule has 1 aliphatic carbocycles. The van der Waals surface area contributed by atoms with Gasteiger partial charge in [-0.25, -0.2) is 9.59 Å². The van der Waals surface area contributed by atoms with E-state index in [1.807, 2.05) is 42.5 Å². The maximum atomic E-state index is 14.1. The minimum atomic E-state index is -1.46. The lowest BCUT2D eigenvalue weighted by atomic mass is 9.85. The zero-order valence-corrected chi connectivity index (χ0v) is 25.1. The van der Waals surface area contributed by atoms with Crippen molar-refractivity contribution in [3.63, 3.8) is 0 Å². The minimum absolute atomic E-state index is 0.0632. The van der Waals surface area contributed by atoms with Crippen molar-refractivity contribution in [3.8, 4) is 5.75 Å². The Balaban J connectivity index is 1.64. The first kappa shape index (κ1) is 30.9. The Hall–Kier alpha value is -4.08. The van der Waals surface area contributed by atoms with E-state index >= 15 is 0 Å². The summed E-state index contributed by atoms with van der Waals surface area (Å²) in [7, 11) is 0. The molecule has 42 heavy (non-hydrogen) atoms. The number of ether oxygens (including phenoxy) is 2. The number of hydrogen-bond acceptors (Lipinski definition) is 6. The molecule has 0 spiro atoms. The highest BCUT2D eigenvalue weighted by Crippen LogP contribution is 2.45. The SMILES string of the molecule is C=C[C@@H]1C[C@]1(NC(=O)[C@@H]1C[C@@H](Oc2cccc3ccccc23)CN1C(=O)[C@@H](NC(=O)OC(C)(C)C)C(C)(C)C)C(=O)O. The highest BCUT2D eigenvalue weighted by Gasteiger charge is 2.61. The van der Waals surface area contributed by atoms with Gasteiger partial charge in [0, 0.05) is 17.7 Å². The van der Waals surface area contributed by atoms with Crippen molar-refractivity contribution in [1.82, 2.24) is 15.5 Å². The first-order chi connectivity index (χ1) is 19.6. The van der Waals surface area contributed by atoms with Crippen LogP contribution in [0.4, 0.5) is 4.79 Å². The van der Waals surface area contributed by atoms with Gasteiger partial charge >= 0.3 is 12.1 Å². The van der Waals surface area contributed by atoms with E-state index in [1.54, 1.807) is 41.5 Å². The first-order valence-electron chi connectivity index (χ1n) is 14.2. The lowest BCUT2D eigenvalue weighted by molar-refractivity contribution is -0.146. The minimum Gasteiger partial charge on any atom is -0.488 e. The number of hydrogen-bond donors (Lipinski definition) is 3. The summed E-state index contributed by atoms with van der Waals surface area (Å²) in [5.74, 6) is -2.04. The Morgan fingerprint density at radius 3 is 2.33 bits per heavy atom. The van der Waals surface area contributed by atoms with Crippen molar-refractivity contribution in [2.75, 3.05) is 6.54 Å². The maximum Gasteiger partial charge on any atom is 0.408 e. The predicted octanol–water partition coefficient (Wildman–Crippen LogP) is 4.27. The van der Waals surface area contributed by atoms with E-state index in [9.17, 15) is 24.3 Å². The number of nitrogens with zero attached hydrogens (tertiary/aromatic N) is 1. The van der Waals surface area contributed by atoms with Crippen LogP contribution in [-0.4, -0.2) is 69.8 Å². The largest absolute Gasteiger partial charge is 0.488 e. The lowest BCUT2D eigenvalue weighted by Crippen LogP contribution is -2.59. The van der Waals surface area contributed by atoms with E-state index in [-0.39, 0.29) is 19.4 Å². The summed E-state index contributed by atoms with van der Waals surface area (Å²) in [5.41, 5.74) is -2.98. The molecule has 3 N–H and O–H groups in total. The quantitative estimate of drug-likeness (QED) is 0.398.